The van der Waals surface area contributed by atoms with Crippen LogP contribution in [0.2, 0.25) is 3.12 Å². The molecule has 42 heavy (non-hydrogen) atoms. The van der Waals surface area contributed by atoms with Crippen LogP contribution in [0.1, 0.15) is 112 Å². The van der Waals surface area contributed by atoms with E-state index in [0.717, 1.165) is 6.42 Å². The summed E-state index contributed by atoms with van der Waals surface area (Å²) >= 11 is -2.43. The summed E-state index contributed by atoms with van der Waals surface area (Å²) in [4.78, 5) is 0. The van der Waals surface area contributed by atoms with Gasteiger partial charge in [-0.15, -0.1) is 0 Å². The summed E-state index contributed by atoms with van der Waals surface area (Å²) in [6.07, 6.45) is 19.7. The van der Waals surface area contributed by atoms with Crippen molar-refractivity contribution < 1.29 is 46.1 Å². The van der Waals surface area contributed by atoms with Gasteiger partial charge >= 0.3 is 254 Å². The zero-order valence-corrected chi connectivity index (χ0v) is 31.7. The fourth-order valence-corrected chi connectivity index (χ4v) is 22.0. The zero-order chi connectivity index (χ0) is 28.9. The Kier molecular flexibility index (Phi) is 9.14. The van der Waals surface area contributed by atoms with E-state index in [1.54, 1.807) is 22.3 Å². The molecule has 5 aliphatic rings. The predicted octanol–water partition coefficient (Wildman–Crippen LogP) is 5.01. The molecule has 0 amide bonds. The molecule has 3 atom stereocenters. The Labute approximate surface area is 277 Å². The first-order chi connectivity index (χ1) is 18.8. The quantitative estimate of drug-likeness (QED) is 0.419. The molecule has 3 heteroatoms. The van der Waals surface area contributed by atoms with Crippen molar-refractivity contribution in [2.24, 2.45) is 27.6 Å². The number of fused-ring (bicyclic) bond motifs is 6. The van der Waals surface area contributed by atoms with Gasteiger partial charge in [0.05, 0.1) is 0 Å². The molecule has 6 rings (SSSR count). The van der Waals surface area contributed by atoms with Gasteiger partial charge in [0.2, 0.25) is 0 Å². The van der Waals surface area contributed by atoms with Gasteiger partial charge in [-0.25, -0.2) is 0 Å². The van der Waals surface area contributed by atoms with Crippen LogP contribution in [0.4, 0.5) is 0 Å². The van der Waals surface area contributed by atoms with E-state index in [1.165, 1.54) is 37.7 Å². The van der Waals surface area contributed by atoms with Crippen LogP contribution in [0.25, 0.3) is 5.57 Å². The van der Waals surface area contributed by atoms with E-state index in [0.29, 0.717) is 5.92 Å². The van der Waals surface area contributed by atoms with Gasteiger partial charge in [0.25, 0.3) is 0 Å². The molecule has 1 saturated carbocycles. The standard InChI is InChI=1S/C29H37.C5H5.C5H10.2ClH.Zr/c1-18-25-22-17-19-13-9-10-14-20(19)24(22)21-15-11-12-16-23(21)29(25,8)28(6,7)27(4,5)26(18,2)3;1-2-4-5-3-1;1-3-5-4-2;;;/h9-11,13-15,23H,12,16-17H2,1-8H3;1-3H,4H2;3-4H2,1-2H3;2*1H;/q;;;;;+2/p-2. The van der Waals surface area contributed by atoms with E-state index >= 15 is 0 Å². The van der Waals surface area contributed by atoms with E-state index < -0.39 is 21.3 Å². The summed E-state index contributed by atoms with van der Waals surface area (Å²) in [6, 6.07) is 9.41. The molecule has 3 unspecified atom stereocenters. The van der Waals surface area contributed by atoms with Crippen LogP contribution >= 0.6 is 0 Å². The predicted molar refractivity (Wildman–Crippen MR) is 171 cm³/mol. The van der Waals surface area contributed by atoms with Crippen molar-refractivity contribution in [1.82, 2.24) is 0 Å². The van der Waals surface area contributed by atoms with Crippen molar-refractivity contribution >= 4 is 8.78 Å². The molecule has 0 radical (unpaired) electrons. The molecule has 226 valence electrons. The molecule has 0 saturated heterocycles. The molecule has 0 aromatic heterocycles. The van der Waals surface area contributed by atoms with Gasteiger partial charge in [0.1, 0.15) is 0 Å². The van der Waals surface area contributed by atoms with Crippen LogP contribution in [-0.2, 0) is 27.7 Å². The Morgan fingerprint density at radius 2 is 1.52 bits per heavy atom. The first-order valence-electron chi connectivity index (χ1n) is 16.1. The van der Waals surface area contributed by atoms with Crippen LogP contribution in [0, 0.1) is 27.6 Å². The maximum Gasteiger partial charge on any atom is -1.00 e. The Bertz CT molecular complexity index is 1470. The summed E-state index contributed by atoms with van der Waals surface area (Å²) < 4.78 is 3.98. The van der Waals surface area contributed by atoms with Crippen LogP contribution in [-0.4, -0.2) is 3.21 Å². The van der Waals surface area contributed by atoms with Crippen LogP contribution in [0.5, 0.6) is 0 Å². The van der Waals surface area contributed by atoms with E-state index in [4.69, 9.17) is 0 Å². The SMILES string of the molecule is CC[C](CC)=[Zr+2]([C]1=CC=CC1)[C]1(C)C2=C3Cc4ccccc4C3=C3C=CCCC3C2(C)C(C)(C)C(C)(C)C1(C)C.[Cl-].[Cl-]. The van der Waals surface area contributed by atoms with Crippen LogP contribution in [0.15, 0.2) is 74.6 Å². The number of benzene rings is 1. The molecule has 0 spiro atoms. The van der Waals surface area contributed by atoms with Crippen molar-refractivity contribution in [2.75, 3.05) is 0 Å². The second kappa shape index (κ2) is 11.2. The average molecular weight is 683 g/mol. The summed E-state index contributed by atoms with van der Waals surface area (Å²) in [5.41, 5.74) is 10.6. The van der Waals surface area contributed by atoms with Gasteiger partial charge < -0.3 is 24.8 Å². The van der Waals surface area contributed by atoms with Crippen molar-refractivity contribution in [1.29, 1.82) is 0 Å². The number of allylic oxidation sites excluding steroid dienone is 10. The van der Waals surface area contributed by atoms with Gasteiger partial charge in [-0.1, -0.05) is 0 Å². The van der Waals surface area contributed by atoms with Crippen molar-refractivity contribution in [3.8, 4) is 0 Å². The molecule has 0 heterocycles. The minimum absolute atomic E-state index is 0. The molecule has 0 nitrogen and oxygen atoms in total. The number of hydrogen-bond acceptors (Lipinski definition) is 0. The third kappa shape index (κ3) is 3.97. The molecule has 1 aromatic carbocycles. The average Bonchev–Trinajstić information content (AvgIpc) is 3.58. The van der Waals surface area contributed by atoms with Crippen molar-refractivity contribution in [3.05, 3.63) is 85.8 Å². The summed E-state index contributed by atoms with van der Waals surface area (Å²) in [7, 11) is 0. The van der Waals surface area contributed by atoms with Crippen molar-refractivity contribution in [3.63, 3.8) is 0 Å². The molecular weight excluding hydrogens is 631 g/mol. The van der Waals surface area contributed by atoms with Gasteiger partial charge in [-0.05, 0) is 0 Å². The molecular formula is C39H52Cl2Zr. The van der Waals surface area contributed by atoms with Gasteiger partial charge in [-0.2, -0.15) is 0 Å². The largest absolute Gasteiger partial charge is 1.00 e. The van der Waals surface area contributed by atoms with Gasteiger partial charge in [0, 0.05) is 0 Å². The first-order valence-corrected chi connectivity index (χ1v) is 19.8. The Morgan fingerprint density at radius 3 is 2.14 bits per heavy atom. The monoisotopic (exact) mass is 680 g/mol. The Morgan fingerprint density at radius 1 is 0.857 bits per heavy atom. The fourth-order valence-electron chi connectivity index (χ4n) is 10.5. The summed E-state index contributed by atoms with van der Waals surface area (Å²) in [5.74, 6) is 0.578. The number of halogens is 2. The third-order valence-corrected chi connectivity index (χ3v) is 24.6. The Hall–Kier alpha value is -0.747. The van der Waals surface area contributed by atoms with E-state index in [9.17, 15) is 0 Å². The minimum Gasteiger partial charge on any atom is -1.00 e. The second-order valence-electron chi connectivity index (χ2n) is 15.3. The molecule has 0 aliphatic heterocycles. The zero-order valence-electron chi connectivity index (χ0n) is 27.8. The molecule has 1 aromatic rings. The first kappa shape index (κ1) is 34.1. The number of hydrogen-bond donors (Lipinski definition) is 0. The van der Waals surface area contributed by atoms with Crippen LogP contribution < -0.4 is 24.8 Å². The van der Waals surface area contributed by atoms with Gasteiger partial charge in [0.15, 0.2) is 0 Å². The Balaban J connectivity index is 0.00000202. The summed E-state index contributed by atoms with van der Waals surface area (Å²) in [6.45, 7) is 26.6. The second-order valence-corrected chi connectivity index (χ2v) is 22.9. The number of rotatable bonds is 4. The molecule has 0 bridgehead atoms. The maximum atomic E-state index is 2.83. The third-order valence-electron chi connectivity index (χ3n) is 14.0. The maximum absolute atomic E-state index is 2.83. The normalized spacial score (nSPS) is 30.6. The van der Waals surface area contributed by atoms with E-state index in [-0.39, 0.29) is 49.6 Å². The van der Waals surface area contributed by atoms with Crippen molar-refractivity contribution in [2.45, 2.75) is 111 Å². The molecule has 1 fully saturated rings. The van der Waals surface area contributed by atoms with E-state index in [1.807, 2.05) is 12.1 Å². The molecule has 0 N–H and O–H groups in total. The summed E-state index contributed by atoms with van der Waals surface area (Å²) in [5, 5.41) is 0. The van der Waals surface area contributed by atoms with Crippen LogP contribution in [0.3, 0.4) is 0 Å². The topological polar surface area (TPSA) is 0 Å². The molecule has 5 aliphatic carbocycles. The minimum atomic E-state index is -2.43. The van der Waals surface area contributed by atoms with Gasteiger partial charge in [-0.3, -0.25) is 0 Å². The van der Waals surface area contributed by atoms with E-state index in [2.05, 4.69) is 124 Å². The fraction of sp³-hybridized carbons (Fsp3) is 0.564. The smallest absolute Gasteiger partial charge is 1.00 e.